The van der Waals surface area contributed by atoms with Crippen LogP contribution in [0.2, 0.25) is 0 Å². The summed E-state index contributed by atoms with van der Waals surface area (Å²) in [4.78, 5) is 14.6. The van der Waals surface area contributed by atoms with Gasteiger partial charge >= 0.3 is 0 Å². The average Bonchev–Trinajstić information content (AvgIpc) is 3.56. The van der Waals surface area contributed by atoms with Gasteiger partial charge in [0.2, 0.25) is 0 Å². The van der Waals surface area contributed by atoms with E-state index < -0.39 is 0 Å². The van der Waals surface area contributed by atoms with Crippen LogP contribution in [0, 0.1) is 0 Å². The van der Waals surface area contributed by atoms with Gasteiger partial charge in [0.25, 0.3) is 0 Å². The standard InChI is InChI=1S/C32H61N11.4BrH/c33-30-31(38-9-3-15-42(19-11-38)25-21-40(22-26-42)13-1-5-34-7-17-40)36-29-37-32(30)39-10-4-16-43(20-12-39)27-23-41(24-28-43)14-2-6-35-8-18-41;;;;/h29,34-35H,1-28,33H2;4*1H/q+4;;;;/p-4. The summed E-state index contributed by atoms with van der Waals surface area (Å²) in [5.41, 5.74) is 7.78. The molecule has 0 radical (unpaired) electrons. The third-order valence-corrected chi connectivity index (χ3v) is 12.9. The highest BCUT2D eigenvalue weighted by molar-refractivity contribution is 5.75. The van der Waals surface area contributed by atoms with Gasteiger partial charge in [0.05, 0.1) is 65.4 Å². The topological polar surface area (TPSA) is 82.3 Å². The van der Waals surface area contributed by atoms with Crippen molar-refractivity contribution in [1.82, 2.24) is 20.6 Å². The molecule has 6 aliphatic rings. The molecule has 0 unspecified atom stereocenters. The monoisotopic (exact) mass is 915 g/mol. The third kappa shape index (κ3) is 9.34. The Kier molecular flexibility index (Phi) is 16.0. The number of nitrogens with one attached hydrogen (secondary N) is 2. The molecule has 6 saturated heterocycles. The maximum Gasteiger partial charge on any atom is 0.157 e. The van der Waals surface area contributed by atoms with Crippen LogP contribution in [0.25, 0.3) is 0 Å². The molecule has 272 valence electrons. The summed E-state index contributed by atoms with van der Waals surface area (Å²) < 4.78 is 5.30. The number of hydrogen-bond acceptors (Lipinski definition) is 7. The van der Waals surface area contributed by atoms with Crippen molar-refractivity contribution in [1.29, 1.82) is 0 Å². The van der Waals surface area contributed by atoms with Crippen molar-refractivity contribution in [2.75, 3.05) is 173 Å². The van der Waals surface area contributed by atoms with Crippen LogP contribution in [0.4, 0.5) is 17.3 Å². The summed E-state index contributed by atoms with van der Waals surface area (Å²) in [6.07, 6.45) is 6.90. The fourth-order valence-corrected chi connectivity index (χ4v) is 9.73. The van der Waals surface area contributed by atoms with Crippen molar-refractivity contribution < 1.29 is 85.9 Å². The molecule has 0 saturated carbocycles. The normalized spacial score (nSPS) is 34.9. The SMILES string of the molecule is Nc1c(N2CCC[N+]3(CC2)CC[N+]2(CCCNCC2)CC3)ncnc1N1CCC[N+]2(CC1)CC[N+]1(CCCNCC1)CC2.[Br-].[Br-].[Br-].[Br-]. The van der Waals surface area contributed by atoms with Crippen LogP contribution < -0.4 is 94.1 Å². The van der Waals surface area contributed by atoms with Gasteiger partial charge in [-0.25, -0.2) is 9.97 Å². The molecule has 0 aliphatic carbocycles. The molecule has 47 heavy (non-hydrogen) atoms. The smallest absolute Gasteiger partial charge is 0.157 e. The van der Waals surface area contributed by atoms with Crippen LogP contribution in [0.1, 0.15) is 25.7 Å². The molecule has 6 fully saturated rings. The second-order valence-electron chi connectivity index (χ2n) is 15.3. The van der Waals surface area contributed by atoms with E-state index in [0.29, 0.717) is 0 Å². The van der Waals surface area contributed by atoms with Crippen molar-refractivity contribution in [2.24, 2.45) is 0 Å². The van der Waals surface area contributed by atoms with Crippen molar-refractivity contribution >= 4 is 17.3 Å². The quantitative estimate of drug-likeness (QED) is 0.255. The van der Waals surface area contributed by atoms with Crippen LogP contribution in [-0.2, 0) is 0 Å². The van der Waals surface area contributed by atoms with Gasteiger partial charge in [-0.05, 0) is 0 Å². The van der Waals surface area contributed by atoms with E-state index in [9.17, 15) is 0 Å². The Hall–Kier alpha value is 0.160. The number of nitrogen functional groups attached to an aromatic ring is 1. The molecular formula is C32H61Br4N11. The highest BCUT2D eigenvalue weighted by Gasteiger charge is 2.45. The fraction of sp³-hybridized carbons (Fsp3) is 0.875. The summed E-state index contributed by atoms with van der Waals surface area (Å²) >= 11 is 0. The zero-order chi connectivity index (χ0) is 29.2. The zero-order valence-electron chi connectivity index (χ0n) is 28.5. The van der Waals surface area contributed by atoms with E-state index in [1.807, 2.05) is 0 Å². The minimum atomic E-state index is 0. The summed E-state index contributed by atoms with van der Waals surface area (Å²) in [7, 11) is 0. The lowest BCUT2D eigenvalue weighted by Gasteiger charge is -2.49. The molecule has 7 heterocycles. The van der Waals surface area contributed by atoms with E-state index in [1.165, 1.54) is 175 Å². The van der Waals surface area contributed by atoms with E-state index >= 15 is 0 Å². The Balaban J connectivity index is 0.00000150. The van der Waals surface area contributed by atoms with Crippen molar-refractivity contribution in [3.05, 3.63) is 6.33 Å². The number of anilines is 3. The summed E-state index contributed by atoms with van der Waals surface area (Å²) in [6, 6.07) is 0. The van der Waals surface area contributed by atoms with Gasteiger partial charge in [0.15, 0.2) is 11.6 Å². The van der Waals surface area contributed by atoms with Gasteiger partial charge in [-0.1, -0.05) is 0 Å². The number of aromatic nitrogens is 2. The number of nitrogens with zero attached hydrogens (tertiary/aromatic N) is 8. The van der Waals surface area contributed by atoms with Crippen LogP contribution >= 0.6 is 0 Å². The maximum atomic E-state index is 6.97. The van der Waals surface area contributed by atoms with Crippen LogP contribution in [-0.4, -0.2) is 185 Å². The van der Waals surface area contributed by atoms with Crippen LogP contribution in [0.5, 0.6) is 0 Å². The number of nitrogens with two attached hydrogens (primary N) is 1. The molecule has 0 amide bonds. The van der Waals surface area contributed by atoms with E-state index in [4.69, 9.17) is 15.7 Å². The molecule has 6 aliphatic heterocycles. The van der Waals surface area contributed by atoms with Crippen LogP contribution in [0.3, 0.4) is 0 Å². The molecule has 1 aromatic rings. The van der Waals surface area contributed by atoms with E-state index in [0.717, 1.165) is 43.5 Å². The van der Waals surface area contributed by atoms with Gasteiger partial charge in [-0.2, -0.15) is 0 Å². The highest BCUT2D eigenvalue weighted by atomic mass is 79.9. The molecule has 4 spiro atoms. The molecule has 11 nitrogen and oxygen atoms in total. The summed E-state index contributed by atoms with van der Waals surface area (Å²) in [5, 5.41) is 7.26. The second kappa shape index (κ2) is 18.1. The van der Waals surface area contributed by atoms with Gasteiger partial charge in [-0.3, -0.25) is 0 Å². The van der Waals surface area contributed by atoms with Gasteiger partial charge < -0.3 is 112 Å². The van der Waals surface area contributed by atoms with E-state index in [-0.39, 0.29) is 67.9 Å². The largest absolute Gasteiger partial charge is 1.00 e. The first-order valence-electron chi connectivity index (χ1n) is 17.9. The second-order valence-corrected chi connectivity index (χ2v) is 15.3. The average molecular weight is 920 g/mol. The Morgan fingerprint density at radius 1 is 0.447 bits per heavy atom. The Bertz CT molecular complexity index is 999. The number of quaternary nitrogens is 4. The first-order valence-corrected chi connectivity index (χ1v) is 17.9. The molecular weight excluding hydrogens is 858 g/mol. The molecule has 1 aromatic heterocycles. The molecule has 7 rings (SSSR count). The number of rotatable bonds is 2. The predicted molar refractivity (Wildman–Crippen MR) is 174 cm³/mol. The fourth-order valence-electron chi connectivity index (χ4n) is 9.73. The van der Waals surface area contributed by atoms with E-state index in [1.54, 1.807) is 6.33 Å². The zero-order valence-corrected chi connectivity index (χ0v) is 34.9. The van der Waals surface area contributed by atoms with Crippen molar-refractivity contribution in [2.45, 2.75) is 25.7 Å². The predicted octanol–water partition coefficient (Wildman–Crippen LogP) is -12.2. The lowest BCUT2D eigenvalue weighted by Crippen LogP contribution is -3.00. The molecule has 0 atom stereocenters. The summed E-state index contributed by atoms with van der Waals surface area (Å²) in [5.74, 6) is 1.97. The Labute approximate surface area is 326 Å². The van der Waals surface area contributed by atoms with E-state index in [2.05, 4.69) is 20.4 Å². The minimum absolute atomic E-state index is 0. The lowest BCUT2D eigenvalue weighted by atomic mass is 10.1. The lowest BCUT2D eigenvalue weighted by molar-refractivity contribution is -1.03. The first-order chi connectivity index (χ1) is 21.0. The highest BCUT2D eigenvalue weighted by Crippen LogP contribution is 2.33. The van der Waals surface area contributed by atoms with Gasteiger partial charge in [-0.15, -0.1) is 0 Å². The van der Waals surface area contributed by atoms with Crippen molar-refractivity contribution in [3.8, 4) is 0 Å². The number of hydrogen-bond donors (Lipinski definition) is 3. The van der Waals surface area contributed by atoms with Gasteiger partial charge in [0, 0.05) is 65.0 Å². The minimum Gasteiger partial charge on any atom is -1.00 e. The number of halogens is 4. The molecule has 4 N–H and O–H groups in total. The molecule has 0 bridgehead atoms. The summed E-state index contributed by atoms with van der Waals surface area (Å²) in [6.45, 7) is 30.2. The molecule has 15 heteroatoms. The Morgan fingerprint density at radius 3 is 1.21 bits per heavy atom. The van der Waals surface area contributed by atoms with Gasteiger partial charge in [0.1, 0.15) is 64.4 Å². The Morgan fingerprint density at radius 2 is 0.809 bits per heavy atom. The number of piperazine rings is 2. The first kappa shape index (κ1) is 41.6. The van der Waals surface area contributed by atoms with Crippen LogP contribution in [0.15, 0.2) is 6.33 Å². The maximum absolute atomic E-state index is 6.97. The van der Waals surface area contributed by atoms with Crippen molar-refractivity contribution in [3.63, 3.8) is 0 Å². The third-order valence-electron chi connectivity index (χ3n) is 12.9. The molecule has 0 aromatic carbocycles.